The smallest absolute Gasteiger partial charge is 0.290 e. The lowest BCUT2D eigenvalue weighted by Crippen LogP contribution is -2.32. The van der Waals surface area contributed by atoms with E-state index in [0.29, 0.717) is 30.0 Å². The topological polar surface area (TPSA) is 66.8 Å². The first-order valence-corrected chi connectivity index (χ1v) is 8.99. The summed E-state index contributed by atoms with van der Waals surface area (Å²) in [4.78, 5) is 27.4. The Hall–Kier alpha value is -2.51. The summed E-state index contributed by atoms with van der Waals surface area (Å²) in [6.45, 7) is 0.745. The monoisotopic (exact) mass is 375 g/mol. The van der Waals surface area contributed by atoms with Gasteiger partial charge in [0.05, 0.1) is 16.5 Å². The number of carbonyl (C=O) groups excluding carboxylic acids is 2. The summed E-state index contributed by atoms with van der Waals surface area (Å²) in [6, 6.07) is 8.22. The van der Waals surface area contributed by atoms with E-state index in [-0.39, 0.29) is 5.57 Å². The van der Waals surface area contributed by atoms with Gasteiger partial charge in [0.1, 0.15) is 5.82 Å². The van der Waals surface area contributed by atoms with Crippen molar-refractivity contribution in [3.05, 3.63) is 69.4 Å². The summed E-state index contributed by atoms with van der Waals surface area (Å²) in [5.74, 6) is -1.96. The molecule has 2 aromatic rings. The van der Waals surface area contributed by atoms with Gasteiger partial charge in [-0.05, 0) is 35.6 Å². The number of ketones is 1. The molecule has 1 amide bonds. The first-order valence-electron chi connectivity index (χ1n) is 8.11. The maximum absolute atomic E-state index is 13.3. The highest BCUT2D eigenvalue weighted by Gasteiger charge is 2.43. The Morgan fingerprint density at radius 2 is 2.04 bits per heavy atom. The Morgan fingerprint density at radius 3 is 2.65 bits per heavy atom. The summed E-state index contributed by atoms with van der Waals surface area (Å²) in [7, 11) is 1.56. The van der Waals surface area contributed by atoms with E-state index in [1.54, 1.807) is 24.6 Å². The average molecular weight is 375 g/mol. The number of aliphatic hydroxyl groups is 1. The van der Waals surface area contributed by atoms with Gasteiger partial charge in [-0.25, -0.2) is 4.39 Å². The van der Waals surface area contributed by atoms with Crippen molar-refractivity contribution < 1.29 is 23.8 Å². The Labute approximate surface area is 154 Å². The molecule has 0 bridgehead atoms. The molecule has 0 radical (unpaired) electrons. The summed E-state index contributed by atoms with van der Waals surface area (Å²) in [5, 5.41) is 12.2. The number of ether oxygens (including phenoxy) is 1. The largest absolute Gasteiger partial charge is 0.503 e. The van der Waals surface area contributed by atoms with Crippen molar-refractivity contribution in [3.63, 3.8) is 0 Å². The first kappa shape index (κ1) is 18.3. The summed E-state index contributed by atoms with van der Waals surface area (Å²) >= 11 is 1.24. The summed E-state index contributed by atoms with van der Waals surface area (Å²) < 4.78 is 18.4. The van der Waals surface area contributed by atoms with Crippen molar-refractivity contribution in [2.75, 3.05) is 20.3 Å². The Bertz CT molecular complexity index is 830. The number of carbonyl (C=O) groups is 2. The number of thiophene rings is 1. The molecular weight excluding hydrogens is 357 g/mol. The van der Waals surface area contributed by atoms with E-state index in [1.165, 1.54) is 40.5 Å². The van der Waals surface area contributed by atoms with Crippen molar-refractivity contribution in [1.29, 1.82) is 0 Å². The number of nitrogens with zero attached hydrogens (tertiary/aromatic N) is 1. The van der Waals surface area contributed by atoms with Gasteiger partial charge in [0.15, 0.2) is 5.76 Å². The normalized spacial score (nSPS) is 17.2. The fourth-order valence-corrected chi connectivity index (χ4v) is 3.71. The number of Topliss-reactive ketones (excluding diaryl/α,β-unsaturated/α-hetero) is 1. The molecule has 0 spiro atoms. The molecule has 1 aromatic heterocycles. The number of methoxy groups -OCH3 is 1. The van der Waals surface area contributed by atoms with Gasteiger partial charge in [-0.1, -0.05) is 18.2 Å². The van der Waals surface area contributed by atoms with Crippen LogP contribution in [0, 0.1) is 5.82 Å². The van der Waals surface area contributed by atoms with Crippen LogP contribution in [0.2, 0.25) is 0 Å². The third-order valence-corrected chi connectivity index (χ3v) is 5.10. The van der Waals surface area contributed by atoms with Crippen LogP contribution in [0.4, 0.5) is 4.39 Å². The zero-order chi connectivity index (χ0) is 18.7. The highest BCUT2D eigenvalue weighted by molar-refractivity contribution is 7.12. The number of rotatable bonds is 7. The maximum atomic E-state index is 13.3. The van der Waals surface area contributed by atoms with Crippen LogP contribution in [0.5, 0.6) is 0 Å². The van der Waals surface area contributed by atoms with Crippen LogP contribution >= 0.6 is 11.3 Å². The van der Waals surface area contributed by atoms with E-state index >= 15 is 0 Å². The molecule has 1 aromatic carbocycles. The van der Waals surface area contributed by atoms with E-state index in [0.717, 1.165) is 0 Å². The number of benzene rings is 1. The third-order valence-electron chi connectivity index (χ3n) is 4.23. The molecule has 0 aliphatic carbocycles. The third kappa shape index (κ3) is 3.40. The lowest BCUT2D eigenvalue weighted by Gasteiger charge is -2.26. The van der Waals surface area contributed by atoms with Crippen molar-refractivity contribution in [2.24, 2.45) is 0 Å². The quantitative estimate of drug-likeness (QED) is 0.594. The van der Waals surface area contributed by atoms with Crippen molar-refractivity contribution in [3.8, 4) is 0 Å². The highest BCUT2D eigenvalue weighted by Crippen LogP contribution is 2.39. The van der Waals surface area contributed by atoms with Gasteiger partial charge in [0.2, 0.25) is 5.78 Å². The number of aliphatic hydroxyl groups excluding tert-OH is 1. The fourth-order valence-electron chi connectivity index (χ4n) is 3.03. The number of hydrogen-bond acceptors (Lipinski definition) is 5. The molecule has 3 rings (SSSR count). The second-order valence-electron chi connectivity index (χ2n) is 5.87. The Kier molecular flexibility index (Phi) is 5.49. The number of hydrogen-bond donors (Lipinski definition) is 1. The second kappa shape index (κ2) is 7.80. The van der Waals surface area contributed by atoms with Crippen LogP contribution in [-0.2, 0) is 9.53 Å². The second-order valence-corrected chi connectivity index (χ2v) is 6.82. The van der Waals surface area contributed by atoms with Gasteiger partial charge in [0, 0.05) is 20.3 Å². The predicted octanol–water partition coefficient (Wildman–Crippen LogP) is 3.50. The Morgan fingerprint density at radius 1 is 1.31 bits per heavy atom. The molecule has 1 aliphatic heterocycles. The van der Waals surface area contributed by atoms with Crippen LogP contribution in [0.3, 0.4) is 0 Å². The van der Waals surface area contributed by atoms with Crippen molar-refractivity contribution in [2.45, 2.75) is 12.5 Å². The molecule has 0 saturated carbocycles. The molecule has 5 nitrogen and oxygen atoms in total. The molecule has 26 heavy (non-hydrogen) atoms. The van der Waals surface area contributed by atoms with Crippen LogP contribution in [0.25, 0.3) is 0 Å². The van der Waals surface area contributed by atoms with Gasteiger partial charge >= 0.3 is 0 Å². The van der Waals surface area contributed by atoms with E-state index in [2.05, 4.69) is 0 Å². The number of halogens is 1. The van der Waals surface area contributed by atoms with Crippen molar-refractivity contribution >= 4 is 23.0 Å². The van der Waals surface area contributed by atoms with Gasteiger partial charge in [-0.15, -0.1) is 11.3 Å². The van der Waals surface area contributed by atoms with Gasteiger partial charge in [-0.2, -0.15) is 0 Å². The number of amides is 1. The van der Waals surface area contributed by atoms with Crippen molar-refractivity contribution in [1.82, 2.24) is 4.90 Å². The van der Waals surface area contributed by atoms with Gasteiger partial charge in [0.25, 0.3) is 5.91 Å². The molecule has 7 heteroatoms. The molecule has 0 saturated heterocycles. The van der Waals surface area contributed by atoms with E-state index in [1.807, 2.05) is 0 Å². The molecule has 0 unspecified atom stereocenters. The van der Waals surface area contributed by atoms with Gasteiger partial charge in [-0.3, -0.25) is 9.59 Å². The Balaban J connectivity index is 2.02. The highest BCUT2D eigenvalue weighted by atomic mass is 32.1. The lowest BCUT2D eigenvalue weighted by molar-refractivity contribution is -0.129. The van der Waals surface area contributed by atoms with E-state index in [9.17, 15) is 19.1 Å². The zero-order valence-electron chi connectivity index (χ0n) is 14.1. The fraction of sp³-hybridized carbons (Fsp3) is 0.263. The minimum Gasteiger partial charge on any atom is -0.503 e. The average Bonchev–Trinajstić information content (AvgIpc) is 3.25. The minimum absolute atomic E-state index is 0.0291. The lowest BCUT2D eigenvalue weighted by atomic mass is 9.95. The minimum atomic E-state index is -0.755. The van der Waals surface area contributed by atoms with Crippen LogP contribution in [-0.4, -0.2) is 42.0 Å². The molecule has 1 aliphatic rings. The van der Waals surface area contributed by atoms with Gasteiger partial charge < -0.3 is 14.7 Å². The predicted molar refractivity (Wildman–Crippen MR) is 95.7 cm³/mol. The summed E-state index contributed by atoms with van der Waals surface area (Å²) in [5.41, 5.74) is 0.600. The molecule has 136 valence electrons. The van der Waals surface area contributed by atoms with Crippen LogP contribution < -0.4 is 0 Å². The van der Waals surface area contributed by atoms with Crippen LogP contribution in [0.15, 0.2) is 53.1 Å². The zero-order valence-corrected chi connectivity index (χ0v) is 15.0. The van der Waals surface area contributed by atoms with E-state index < -0.39 is 29.3 Å². The molecule has 1 N–H and O–H groups in total. The SMILES string of the molecule is COCCCN1C(=O)C(O)=C(C(=O)c2cccs2)[C@H]1c1ccc(F)cc1. The first-order chi connectivity index (χ1) is 12.5. The maximum Gasteiger partial charge on any atom is 0.290 e. The van der Waals surface area contributed by atoms with Crippen LogP contribution in [0.1, 0.15) is 27.7 Å². The molecule has 2 heterocycles. The summed E-state index contributed by atoms with van der Waals surface area (Å²) in [6.07, 6.45) is 0.549. The standard InChI is InChI=1S/C19H18FNO4S/c1-25-10-3-9-21-16(12-5-7-13(20)8-6-12)15(18(23)19(21)24)17(22)14-4-2-11-26-14/h2,4-8,11,16,23H,3,9-10H2,1H3/t16-/m1/s1. The molecule has 1 atom stereocenters. The molecular formula is C19H18FNO4S. The molecule has 0 fully saturated rings. The van der Waals surface area contributed by atoms with E-state index in [4.69, 9.17) is 4.74 Å².